The molecule has 0 atom stereocenters. The second-order valence-corrected chi connectivity index (χ2v) is 10.0. The van der Waals surface area contributed by atoms with E-state index in [-0.39, 0.29) is 46.8 Å². The average Bonchev–Trinajstić information content (AvgIpc) is 3.52. The van der Waals surface area contributed by atoms with E-state index in [1.807, 2.05) is 0 Å². The van der Waals surface area contributed by atoms with Crippen LogP contribution in [0.2, 0.25) is 5.02 Å². The standard InChI is InChI=1S/C27H25ClF3N7O3/c1-14(2)32-25(41)20-10-17(16(4)39)9-15(3)19(20)12-24(40)23-11-18(13-37-35-26(33-36-37)27(29,30)31)34-38(23)22-8-6-5-7-21(22)28/h5-11,14H,12-13H2,1-4H3,(H,32,41). The fourth-order valence-electron chi connectivity index (χ4n) is 4.13. The number of nitrogens with zero attached hydrogens (tertiary/aromatic N) is 6. The first-order valence-electron chi connectivity index (χ1n) is 12.4. The van der Waals surface area contributed by atoms with E-state index in [4.69, 9.17) is 11.6 Å². The second kappa shape index (κ2) is 11.6. The summed E-state index contributed by atoms with van der Waals surface area (Å²) in [6.07, 6.45) is -5.01. The van der Waals surface area contributed by atoms with E-state index in [0.29, 0.717) is 22.4 Å². The Bertz CT molecular complexity index is 1640. The summed E-state index contributed by atoms with van der Waals surface area (Å²) in [5.41, 5.74) is 2.08. The zero-order valence-electron chi connectivity index (χ0n) is 22.5. The maximum Gasteiger partial charge on any atom is 0.455 e. The van der Waals surface area contributed by atoms with Crippen LogP contribution in [0.4, 0.5) is 13.2 Å². The molecule has 41 heavy (non-hydrogen) atoms. The fourth-order valence-corrected chi connectivity index (χ4v) is 4.35. The van der Waals surface area contributed by atoms with E-state index in [2.05, 4.69) is 25.8 Å². The van der Waals surface area contributed by atoms with Gasteiger partial charge in [-0.1, -0.05) is 23.7 Å². The van der Waals surface area contributed by atoms with E-state index in [1.54, 1.807) is 51.1 Å². The summed E-state index contributed by atoms with van der Waals surface area (Å²) in [7, 11) is 0. The third kappa shape index (κ3) is 6.68. The number of ketones is 2. The minimum absolute atomic E-state index is 0.0644. The number of carbonyl (C=O) groups excluding carboxylic acids is 3. The van der Waals surface area contributed by atoms with Gasteiger partial charge in [0, 0.05) is 23.6 Å². The topological polar surface area (TPSA) is 125 Å². The molecule has 2 aromatic heterocycles. The van der Waals surface area contributed by atoms with Crippen molar-refractivity contribution in [2.24, 2.45) is 0 Å². The van der Waals surface area contributed by atoms with E-state index < -0.39 is 23.7 Å². The number of carbonyl (C=O) groups is 3. The van der Waals surface area contributed by atoms with Crippen molar-refractivity contribution in [1.29, 1.82) is 0 Å². The molecule has 0 aliphatic carbocycles. The molecular formula is C27H25ClF3N7O3. The van der Waals surface area contributed by atoms with Gasteiger partial charge in [-0.25, -0.2) is 4.68 Å². The first kappa shape index (κ1) is 29.6. The molecule has 214 valence electrons. The Morgan fingerprint density at radius 2 is 1.78 bits per heavy atom. The van der Waals surface area contributed by atoms with Crippen LogP contribution in [-0.2, 0) is 19.1 Å². The Balaban J connectivity index is 1.76. The Labute approximate surface area is 237 Å². The summed E-state index contributed by atoms with van der Waals surface area (Å²) in [4.78, 5) is 39.7. The normalized spacial score (nSPS) is 11.6. The number of hydrogen-bond acceptors (Lipinski definition) is 7. The zero-order chi connectivity index (χ0) is 30.1. The fraction of sp³-hybridized carbons (Fsp3) is 0.296. The minimum Gasteiger partial charge on any atom is -0.350 e. The van der Waals surface area contributed by atoms with Gasteiger partial charge in [0.15, 0.2) is 11.6 Å². The van der Waals surface area contributed by atoms with Crippen LogP contribution < -0.4 is 5.32 Å². The highest BCUT2D eigenvalue weighted by Gasteiger charge is 2.37. The number of alkyl halides is 3. The van der Waals surface area contributed by atoms with Crippen molar-refractivity contribution >= 4 is 29.1 Å². The molecule has 10 nitrogen and oxygen atoms in total. The SMILES string of the molecule is CC(=O)c1cc(C)c(CC(=O)c2cc(Cn3nnc(C(F)(F)F)n3)nn2-c2ccccc2Cl)c(C(=O)NC(C)C)c1. The summed E-state index contributed by atoms with van der Waals surface area (Å²) in [6.45, 7) is 6.35. The highest BCUT2D eigenvalue weighted by molar-refractivity contribution is 6.32. The lowest BCUT2D eigenvalue weighted by molar-refractivity contribution is -0.145. The summed E-state index contributed by atoms with van der Waals surface area (Å²) < 4.78 is 40.1. The van der Waals surface area contributed by atoms with Crippen molar-refractivity contribution in [1.82, 2.24) is 35.3 Å². The Morgan fingerprint density at radius 1 is 1.07 bits per heavy atom. The van der Waals surface area contributed by atoms with Crippen molar-refractivity contribution in [3.8, 4) is 5.69 Å². The Morgan fingerprint density at radius 3 is 2.39 bits per heavy atom. The monoisotopic (exact) mass is 587 g/mol. The molecular weight excluding hydrogens is 563 g/mol. The average molecular weight is 588 g/mol. The van der Waals surface area contributed by atoms with Gasteiger partial charge in [-0.3, -0.25) is 14.4 Å². The number of halogens is 4. The van der Waals surface area contributed by atoms with Gasteiger partial charge in [0.2, 0.25) is 0 Å². The third-order valence-electron chi connectivity index (χ3n) is 6.02. The van der Waals surface area contributed by atoms with Gasteiger partial charge in [0.05, 0.1) is 16.4 Å². The number of tetrazole rings is 1. The quantitative estimate of drug-likeness (QED) is 0.283. The predicted molar refractivity (Wildman–Crippen MR) is 142 cm³/mol. The largest absolute Gasteiger partial charge is 0.455 e. The molecule has 0 fully saturated rings. The highest BCUT2D eigenvalue weighted by Crippen LogP contribution is 2.27. The molecule has 0 aliphatic heterocycles. The number of aryl methyl sites for hydroxylation is 1. The number of hydrogen-bond donors (Lipinski definition) is 1. The van der Waals surface area contributed by atoms with Gasteiger partial charge >= 0.3 is 6.18 Å². The number of rotatable bonds is 9. The lowest BCUT2D eigenvalue weighted by atomic mass is 9.92. The van der Waals surface area contributed by atoms with E-state index >= 15 is 0 Å². The molecule has 1 N–H and O–H groups in total. The van der Waals surface area contributed by atoms with Gasteiger partial charge in [-0.2, -0.15) is 23.1 Å². The predicted octanol–water partition coefficient (Wildman–Crippen LogP) is 4.65. The van der Waals surface area contributed by atoms with Gasteiger partial charge < -0.3 is 5.32 Å². The molecule has 0 unspecified atom stereocenters. The molecule has 14 heteroatoms. The molecule has 4 rings (SSSR count). The van der Waals surface area contributed by atoms with Crippen molar-refractivity contribution in [2.75, 3.05) is 0 Å². The lowest BCUT2D eigenvalue weighted by Gasteiger charge is -2.16. The summed E-state index contributed by atoms with van der Waals surface area (Å²) in [5.74, 6) is -2.53. The molecule has 2 heterocycles. The second-order valence-electron chi connectivity index (χ2n) is 9.63. The van der Waals surface area contributed by atoms with Crippen molar-refractivity contribution in [3.63, 3.8) is 0 Å². The molecule has 2 aromatic carbocycles. The molecule has 0 spiro atoms. The number of Topliss-reactive ketones (excluding diaryl/α,β-unsaturated/α-hetero) is 2. The number of amides is 1. The first-order chi connectivity index (χ1) is 19.2. The van der Waals surface area contributed by atoms with Crippen molar-refractivity contribution < 1.29 is 27.6 Å². The van der Waals surface area contributed by atoms with Crippen LogP contribution in [0.3, 0.4) is 0 Å². The molecule has 0 bridgehead atoms. The van der Waals surface area contributed by atoms with Gasteiger partial charge in [-0.05, 0) is 74.4 Å². The maximum absolute atomic E-state index is 13.8. The molecule has 4 aromatic rings. The molecule has 1 amide bonds. The van der Waals surface area contributed by atoms with E-state index in [1.165, 1.54) is 23.7 Å². The van der Waals surface area contributed by atoms with Crippen LogP contribution in [0.15, 0.2) is 42.5 Å². The van der Waals surface area contributed by atoms with Crippen LogP contribution in [0, 0.1) is 6.92 Å². The molecule has 0 saturated heterocycles. The van der Waals surface area contributed by atoms with Gasteiger partial charge in [0.1, 0.15) is 12.2 Å². The van der Waals surface area contributed by atoms with Gasteiger partial charge in [0.25, 0.3) is 11.7 Å². The molecule has 0 aliphatic rings. The minimum atomic E-state index is -4.77. The van der Waals surface area contributed by atoms with Crippen LogP contribution in [0.25, 0.3) is 5.69 Å². The van der Waals surface area contributed by atoms with Crippen molar-refractivity contribution in [3.05, 3.63) is 87.0 Å². The zero-order valence-corrected chi connectivity index (χ0v) is 23.2. The maximum atomic E-state index is 13.8. The summed E-state index contributed by atoms with van der Waals surface area (Å²) >= 11 is 6.38. The van der Waals surface area contributed by atoms with Crippen molar-refractivity contribution in [2.45, 2.75) is 52.9 Å². The Hall–Kier alpha value is -4.39. The smallest absolute Gasteiger partial charge is 0.350 e. The number of benzene rings is 2. The highest BCUT2D eigenvalue weighted by atomic mass is 35.5. The van der Waals surface area contributed by atoms with E-state index in [9.17, 15) is 27.6 Å². The van der Waals surface area contributed by atoms with E-state index in [0.717, 1.165) is 4.80 Å². The lowest BCUT2D eigenvalue weighted by Crippen LogP contribution is -2.31. The number of nitrogens with one attached hydrogen (secondary N) is 1. The van der Waals surface area contributed by atoms with Crippen LogP contribution in [0.5, 0.6) is 0 Å². The molecule has 0 radical (unpaired) electrons. The summed E-state index contributed by atoms with van der Waals surface area (Å²) in [5, 5.41) is 17.3. The third-order valence-corrected chi connectivity index (χ3v) is 6.34. The number of aromatic nitrogens is 6. The van der Waals surface area contributed by atoms with Gasteiger partial charge in [-0.15, -0.1) is 10.2 Å². The van der Waals surface area contributed by atoms with Crippen LogP contribution in [0.1, 0.15) is 74.6 Å². The van der Waals surface area contributed by atoms with Crippen LogP contribution in [-0.4, -0.2) is 53.5 Å². The first-order valence-corrected chi connectivity index (χ1v) is 12.8. The number of para-hydroxylation sites is 1. The Kier molecular flexibility index (Phi) is 8.38. The molecule has 0 saturated carbocycles. The van der Waals surface area contributed by atoms with Crippen LogP contribution >= 0.6 is 11.6 Å². The summed E-state index contributed by atoms with van der Waals surface area (Å²) in [6, 6.07) is 10.9.